The smallest absolute Gasteiger partial charge is 0.268 e. The summed E-state index contributed by atoms with van der Waals surface area (Å²) in [5, 5.41) is 5.61. The molecule has 3 aromatic rings. The Morgan fingerprint density at radius 2 is 1.74 bits per heavy atom. The van der Waals surface area contributed by atoms with Gasteiger partial charge in [0.2, 0.25) is 6.79 Å². The number of rotatable bonds is 9. The molecule has 0 aromatic heterocycles. The van der Waals surface area contributed by atoms with Gasteiger partial charge in [-0.25, -0.2) is 0 Å². The molecule has 3 aromatic carbocycles. The molecule has 4 rings (SSSR count). The Kier molecular flexibility index (Phi) is 7.45. The highest BCUT2D eigenvalue weighted by Gasteiger charge is 2.17. The van der Waals surface area contributed by atoms with Crippen molar-refractivity contribution in [2.24, 2.45) is 0 Å². The third-order valence-electron chi connectivity index (χ3n) is 5.09. The zero-order chi connectivity index (χ0) is 23.8. The topological polar surface area (TPSA) is 85.9 Å². The van der Waals surface area contributed by atoms with Crippen LogP contribution in [0.2, 0.25) is 0 Å². The molecule has 0 unspecified atom stereocenters. The van der Waals surface area contributed by atoms with Gasteiger partial charge in [-0.05, 0) is 60.0 Å². The number of carbonyl (C=O) groups excluding carboxylic acids is 2. The van der Waals surface area contributed by atoms with E-state index in [2.05, 4.69) is 10.6 Å². The second kappa shape index (κ2) is 11.0. The quantitative estimate of drug-likeness (QED) is 0.467. The van der Waals surface area contributed by atoms with Crippen molar-refractivity contribution in [3.05, 3.63) is 95.2 Å². The molecule has 2 N–H and O–H groups in total. The van der Waals surface area contributed by atoms with Crippen LogP contribution >= 0.6 is 0 Å². The Hall–Kier alpha value is -4.26. The van der Waals surface area contributed by atoms with Crippen molar-refractivity contribution in [3.63, 3.8) is 0 Å². The average molecular weight is 459 g/mol. The molecular weight excluding hydrogens is 432 g/mol. The van der Waals surface area contributed by atoms with E-state index in [1.54, 1.807) is 48.5 Å². The van der Waals surface area contributed by atoms with Crippen molar-refractivity contribution < 1.29 is 23.8 Å². The Morgan fingerprint density at radius 3 is 2.50 bits per heavy atom. The number of benzene rings is 3. The molecule has 1 aliphatic rings. The van der Waals surface area contributed by atoms with Gasteiger partial charge in [-0.15, -0.1) is 0 Å². The number of carbonyl (C=O) groups is 2. The average Bonchev–Trinajstić information content (AvgIpc) is 3.34. The minimum Gasteiger partial charge on any atom is -0.494 e. The molecule has 1 aliphatic heterocycles. The van der Waals surface area contributed by atoms with E-state index in [1.165, 1.54) is 0 Å². The summed E-state index contributed by atoms with van der Waals surface area (Å²) in [6.45, 7) is 3.12. The first-order valence-electron chi connectivity index (χ1n) is 11.1. The zero-order valence-electron chi connectivity index (χ0n) is 18.9. The molecule has 0 spiro atoms. The number of hydrogen-bond donors (Lipinski definition) is 2. The van der Waals surface area contributed by atoms with Crippen molar-refractivity contribution >= 4 is 17.9 Å². The monoisotopic (exact) mass is 458 g/mol. The van der Waals surface area contributed by atoms with Gasteiger partial charge in [0, 0.05) is 12.1 Å². The summed E-state index contributed by atoms with van der Waals surface area (Å²) in [5.41, 5.74) is 2.17. The van der Waals surface area contributed by atoms with Crippen LogP contribution in [0.25, 0.3) is 6.08 Å². The molecule has 0 bridgehead atoms. The van der Waals surface area contributed by atoms with Gasteiger partial charge in [-0.3, -0.25) is 9.59 Å². The fraction of sp³-hybridized carbons (Fsp3) is 0.185. The van der Waals surface area contributed by atoms with Crippen molar-refractivity contribution in [2.45, 2.75) is 19.9 Å². The van der Waals surface area contributed by atoms with E-state index in [9.17, 15) is 9.59 Å². The summed E-state index contributed by atoms with van der Waals surface area (Å²) in [4.78, 5) is 25.9. The number of ether oxygens (including phenoxy) is 3. The Balaban J connectivity index is 1.52. The second-order valence-corrected chi connectivity index (χ2v) is 7.67. The molecule has 34 heavy (non-hydrogen) atoms. The van der Waals surface area contributed by atoms with Crippen LogP contribution in [0.4, 0.5) is 0 Å². The van der Waals surface area contributed by atoms with E-state index in [0.29, 0.717) is 41.5 Å². The predicted octanol–water partition coefficient (Wildman–Crippen LogP) is 4.29. The van der Waals surface area contributed by atoms with Gasteiger partial charge in [-0.1, -0.05) is 43.3 Å². The molecule has 0 radical (unpaired) electrons. The summed E-state index contributed by atoms with van der Waals surface area (Å²) >= 11 is 0. The Labute approximate surface area is 198 Å². The van der Waals surface area contributed by atoms with Gasteiger partial charge >= 0.3 is 0 Å². The number of fused-ring (bicyclic) bond motifs is 1. The van der Waals surface area contributed by atoms with E-state index < -0.39 is 11.8 Å². The van der Waals surface area contributed by atoms with E-state index in [-0.39, 0.29) is 12.5 Å². The predicted molar refractivity (Wildman–Crippen MR) is 129 cm³/mol. The van der Waals surface area contributed by atoms with Gasteiger partial charge in [0.05, 0.1) is 6.61 Å². The molecule has 0 fully saturated rings. The fourth-order valence-electron chi connectivity index (χ4n) is 3.32. The van der Waals surface area contributed by atoms with Gasteiger partial charge in [0.15, 0.2) is 11.5 Å². The summed E-state index contributed by atoms with van der Waals surface area (Å²) in [5.74, 6) is 1.12. The van der Waals surface area contributed by atoms with Crippen LogP contribution in [-0.2, 0) is 11.3 Å². The van der Waals surface area contributed by atoms with E-state index >= 15 is 0 Å². The van der Waals surface area contributed by atoms with Crippen LogP contribution in [0.1, 0.15) is 34.8 Å². The Morgan fingerprint density at radius 1 is 0.971 bits per heavy atom. The van der Waals surface area contributed by atoms with E-state index in [4.69, 9.17) is 14.2 Å². The van der Waals surface area contributed by atoms with Crippen LogP contribution in [0.15, 0.2) is 78.5 Å². The lowest BCUT2D eigenvalue weighted by atomic mass is 10.1. The lowest BCUT2D eigenvalue weighted by Crippen LogP contribution is -2.34. The van der Waals surface area contributed by atoms with Crippen LogP contribution in [-0.4, -0.2) is 25.2 Å². The summed E-state index contributed by atoms with van der Waals surface area (Å²) in [6, 6.07) is 21.7. The molecule has 0 saturated carbocycles. The normalized spacial score (nSPS) is 12.2. The molecule has 7 heteroatoms. The van der Waals surface area contributed by atoms with E-state index in [1.807, 2.05) is 37.3 Å². The Bertz CT molecular complexity index is 1170. The minimum atomic E-state index is -0.405. The highest BCUT2D eigenvalue weighted by atomic mass is 16.7. The van der Waals surface area contributed by atoms with E-state index in [0.717, 1.165) is 12.0 Å². The van der Waals surface area contributed by atoms with Gasteiger partial charge in [0.1, 0.15) is 11.4 Å². The molecule has 174 valence electrons. The van der Waals surface area contributed by atoms with Gasteiger partial charge < -0.3 is 24.8 Å². The standard InChI is InChI=1S/C27H26N2O5/c1-2-14-32-22-11-9-21(10-12-22)26(30)29-23(27(31)28-17-19-6-4-3-5-7-19)15-20-8-13-24-25(16-20)34-18-33-24/h3-13,15-16H,2,14,17-18H2,1H3,(H,28,31)(H,29,30). The van der Waals surface area contributed by atoms with Crippen molar-refractivity contribution in [1.29, 1.82) is 0 Å². The molecule has 1 heterocycles. The number of amides is 2. The van der Waals surface area contributed by atoms with Crippen molar-refractivity contribution in [3.8, 4) is 17.2 Å². The number of hydrogen-bond acceptors (Lipinski definition) is 5. The molecule has 0 saturated heterocycles. The van der Waals surface area contributed by atoms with Gasteiger partial charge in [0.25, 0.3) is 11.8 Å². The molecular formula is C27H26N2O5. The highest BCUT2D eigenvalue weighted by molar-refractivity contribution is 6.05. The first kappa shape index (κ1) is 22.9. The number of nitrogens with one attached hydrogen (secondary N) is 2. The molecule has 7 nitrogen and oxygen atoms in total. The van der Waals surface area contributed by atoms with Crippen LogP contribution in [0.3, 0.4) is 0 Å². The molecule has 0 atom stereocenters. The summed E-state index contributed by atoms with van der Waals surface area (Å²) < 4.78 is 16.3. The first-order valence-corrected chi connectivity index (χ1v) is 11.1. The summed E-state index contributed by atoms with van der Waals surface area (Å²) in [7, 11) is 0. The van der Waals surface area contributed by atoms with Gasteiger partial charge in [-0.2, -0.15) is 0 Å². The minimum absolute atomic E-state index is 0.117. The summed E-state index contributed by atoms with van der Waals surface area (Å²) in [6.07, 6.45) is 2.51. The maximum atomic E-state index is 13.0. The molecule has 0 aliphatic carbocycles. The SMILES string of the molecule is CCCOc1ccc(C(=O)NC(=Cc2ccc3c(c2)OCO3)C(=O)NCc2ccccc2)cc1. The second-order valence-electron chi connectivity index (χ2n) is 7.67. The highest BCUT2D eigenvalue weighted by Crippen LogP contribution is 2.33. The lowest BCUT2D eigenvalue weighted by molar-refractivity contribution is -0.117. The van der Waals surface area contributed by atoms with Crippen LogP contribution < -0.4 is 24.8 Å². The van der Waals surface area contributed by atoms with Crippen molar-refractivity contribution in [2.75, 3.05) is 13.4 Å². The van der Waals surface area contributed by atoms with Crippen LogP contribution in [0, 0.1) is 0 Å². The zero-order valence-corrected chi connectivity index (χ0v) is 18.9. The molecule has 2 amide bonds. The lowest BCUT2D eigenvalue weighted by Gasteiger charge is -2.12. The maximum Gasteiger partial charge on any atom is 0.268 e. The third kappa shape index (κ3) is 5.95. The van der Waals surface area contributed by atoms with Crippen molar-refractivity contribution in [1.82, 2.24) is 10.6 Å². The third-order valence-corrected chi connectivity index (χ3v) is 5.09. The van der Waals surface area contributed by atoms with Crippen LogP contribution in [0.5, 0.6) is 17.2 Å². The fourth-order valence-corrected chi connectivity index (χ4v) is 3.32. The first-order chi connectivity index (χ1) is 16.6. The largest absolute Gasteiger partial charge is 0.494 e. The maximum absolute atomic E-state index is 13.0.